The van der Waals surface area contributed by atoms with Crippen molar-refractivity contribution < 1.29 is 14.7 Å². The molecule has 0 radical (unpaired) electrons. The van der Waals surface area contributed by atoms with Gasteiger partial charge in [0.15, 0.2) is 0 Å². The Morgan fingerprint density at radius 3 is 2.42 bits per heavy atom. The lowest BCUT2D eigenvalue weighted by molar-refractivity contribution is 0.0692. The van der Waals surface area contributed by atoms with Gasteiger partial charge in [-0.15, -0.1) is 0 Å². The van der Waals surface area contributed by atoms with Crippen LogP contribution in [0.5, 0.6) is 0 Å². The second kappa shape index (κ2) is 4.89. The maximum atomic E-state index is 12.3. The first-order chi connectivity index (χ1) is 9.02. The van der Waals surface area contributed by atoms with Crippen LogP contribution < -0.4 is 5.73 Å². The van der Waals surface area contributed by atoms with E-state index in [0.717, 1.165) is 5.56 Å². The Bertz CT molecular complexity index is 665. The number of nitrogens with two attached hydrogens (primary N) is 1. The third-order valence-corrected chi connectivity index (χ3v) is 2.83. The van der Waals surface area contributed by atoms with Gasteiger partial charge in [0.2, 0.25) is 5.78 Å². The van der Waals surface area contributed by atoms with Gasteiger partial charge in [0, 0.05) is 11.8 Å². The average molecular weight is 256 g/mol. The van der Waals surface area contributed by atoms with Crippen LogP contribution in [0.3, 0.4) is 0 Å². The van der Waals surface area contributed by atoms with Crippen LogP contribution in [0.25, 0.3) is 0 Å². The highest BCUT2D eigenvalue weighted by atomic mass is 16.4. The number of benzene rings is 1. The van der Waals surface area contributed by atoms with Gasteiger partial charge in [0.05, 0.1) is 11.3 Å². The van der Waals surface area contributed by atoms with Gasteiger partial charge in [-0.05, 0) is 24.6 Å². The monoisotopic (exact) mass is 256 g/mol. The molecule has 0 bridgehead atoms. The number of aryl methyl sites for hydroxylation is 1. The Morgan fingerprint density at radius 1 is 1.16 bits per heavy atom. The van der Waals surface area contributed by atoms with Gasteiger partial charge < -0.3 is 10.8 Å². The summed E-state index contributed by atoms with van der Waals surface area (Å²) in [7, 11) is 0. The molecule has 96 valence electrons. The Kier molecular flexibility index (Phi) is 3.29. The van der Waals surface area contributed by atoms with Crippen LogP contribution >= 0.6 is 0 Å². The summed E-state index contributed by atoms with van der Waals surface area (Å²) in [5, 5.41) is 9.08. The number of hydrogen-bond acceptors (Lipinski definition) is 4. The number of nitrogens with zero attached hydrogens (tertiary/aromatic N) is 1. The minimum atomic E-state index is -1.16. The van der Waals surface area contributed by atoms with Crippen LogP contribution in [0.2, 0.25) is 0 Å². The first kappa shape index (κ1) is 12.8. The fourth-order valence-corrected chi connectivity index (χ4v) is 1.75. The van der Waals surface area contributed by atoms with E-state index in [4.69, 9.17) is 10.8 Å². The van der Waals surface area contributed by atoms with Gasteiger partial charge in [0.25, 0.3) is 0 Å². The van der Waals surface area contributed by atoms with Gasteiger partial charge in [0.1, 0.15) is 5.69 Å². The van der Waals surface area contributed by atoms with Crippen molar-refractivity contribution in [2.75, 3.05) is 5.73 Å². The van der Waals surface area contributed by atoms with Crippen LogP contribution in [-0.4, -0.2) is 21.8 Å². The Morgan fingerprint density at radius 2 is 1.79 bits per heavy atom. The minimum Gasteiger partial charge on any atom is -0.478 e. The van der Waals surface area contributed by atoms with Gasteiger partial charge in [-0.1, -0.05) is 18.2 Å². The molecule has 0 fully saturated rings. The average Bonchev–Trinajstić information content (AvgIpc) is 2.41. The van der Waals surface area contributed by atoms with Crippen LogP contribution in [0.15, 0.2) is 36.5 Å². The number of aromatic carboxylic acids is 1. The number of nitrogen functional groups attached to an aromatic ring is 1. The lowest BCUT2D eigenvalue weighted by Gasteiger charge is -2.08. The van der Waals surface area contributed by atoms with Crippen LogP contribution in [-0.2, 0) is 0 Å². The summed E-state index contributed by atoms with van der Waals surface area (Å²) < 4.78 is 0. The molecule has 5 nitrogen and oxygen atoms in total. The van der Waals surface area contributed by atoms with Gasteiger partial charge in [-0.25, -0.2) is 4.79 Å². The summed E-state index contributed by atoms with van der Waals surface area (Å²) >= 11 is 0. The molecule has 0 aliphatic rings. The quantitative estimate of drug-likeness (QED) is 0.818. The van der Waals surface area contributed by atoms with E-state index in [1.807, 2.05) is 0 Å². The Balaban J connectivity index is 2.57. The zero-order chi connectivity index (χ0) is 14.0. The normalized spacial score (nSPS) is 10.2. The van der Waals surface area contributed by atoms with E-state index in [1.54, 1.807) is 25.1 Å². The molecule has 0 aliphatic carbocycles. The molecular formula is C14H12N2O3. The van der Waals surface area contributed by atoms with E-state index in [0.29, 0.717) is 0 Å². The van der Waals surface area contributed by atoms with E-state index in [-0.39, 0.29) is 22.5 Å². The minimum absolute atomic E-state index is 0.0600. The number of ketones is 1. The highest BCUT2D eigenvalue weighted by Crippen LogP contribution is 2.20. The van der Waals surface area contributed by atoms with E-state index in [1.165, 1.54) is 18.3 Å². The lowest BCUT2D eigenvalue weighted by Crippen LogP contribution is -2.13. The number of carbonyl (C=O) groups excluding carboxylic acids is 1. The number of pyridine rings is 1. The van der Waals surface area contributed by atoms with Crippen molar-refractivity contribution in [2.24, 2.45) is 0 Å². The molecule has 0 saturated heterocycles. The molecule has 0 spiro atoms. The molecule has 2 rings (SSSR count). The molecule has 0 atom stereocenters. The number of carboxylic acid groups (broad SMARTS) is 1. The molecule has 19 heavy (non-hydrogen) atoms. The zero-order valence-electron chi connectivity index (χ0n) is 10.3. The third kappa shape index (κ3) is 2.30. The van der Waals surface area contributed by atoms with Crippen molar-refractivity contribution in [3.8, 4) is 0 Å². The maximum absolute atomic E-state index is 12.3. The van der Waals surface area contributed by atoms with E-state index in [2.05, 4.69) is 4.98 Å². The summed E-state index contributed by atoms with van der Waals surface area (Å²) in [4.78, 5) is 27.4. The van der Waals surface area contributed by atoms with Crippen LogP contribution in [0, 0.1) is 6.92 Å². The summed E-state index contributed by atoms with van der Waals surface area (Å²) in [5.41, 5.74) is 6.92. The molecule has 1 aromatic carbocycles. The predicted molar refractivity (Wildman–Crippen MR) is 70.2 cm³/mol. The fourth-order valence-electron chi connectivity index (χ4n) is 1.75. The van der Waals surface area contributed by atoms with Crippen molar-refractivity contribution in [1.82, 2.24) is 4.98 Å². The van der Waals surface area contributed by atoms with Crippen molar-refractivity contribution in [3.63, 3.8) is 0 Å². The molecule has 5 heteroatoms. The Hall–Kier alpha value is -2.69. The molecule has 0 aliphatic heterocycles. The predicted octanol–water partition coefficient (Wildman–Crippen LogP) is 1.90. The lowest BCUT2D eigenvalue weighted by atomic mass is 9.99. The van der Waals surface area contributed by atoms with Gasteiger partial charge in [-0.2, -0.15) is 0 Å². The van der Waals surface area contributed by atoms with Crippen molar-refractivity contribution in [3.05, 3.63) is 58.9 Å². The second-order valence-corrected chi connectivity index (χ2v) is 4.07. The summed E-state index contributed by atoms with van der Waals surface area (Å²) in [6.45, 7) is 1.76. The fraction of sp³-hybridized carbons (Fsp3) is 0.0714. The number of carboxylic acids is 1. The summed E-state index contributed by atoms with van der Waals surface area (Å²) in [6, 6.07) is 7.69. The number of carbonyl (C=O) groups is 2. The molecule has 0 unspecified atom stereocenters. The van der Waals surface area contributed by atoms with E-state index < -0.39 is 11.8 Å². The molecular weight excluding hydrogens is 244 g/mol. The standard InChI is InChI=1S/C14H12N2O3/c1-8-6-7-16-12(11(8)15)13(17)9-4-2-3-5-10(9)14(18)19/h2-7H,15H2,1H3,(H,18,19). The first-order valence-corrected chi connectivity index (χ1v) is 5.60. The van der Waals surface area contributed by atoms with Gasteiger partial charge >= 0.3 is 5.97 Å². The Labute approximate surface area is 109 Å². The topological polar surface area (TPSA) is 93.3 Å². The molecule has 2 aromatic rings. The van der Waals surface area contributed by atoms with E-state index in [9.17, 15) is 9.59 Å². The molecule has 1 heterocycles. The molecule has 1 aromatic heterocycles. The summed E-state index contributed by atoms with van der Waals surface area (Å²) in [5.74, 6) is -1.64. The zero-order valence-corrected chi connectivity index (χ0v) is 10.3. The number of hydrogen-bond donors (Lipinski definition) is 2. The molecule has 0 amide bonds. The first-order valence-electron chi connectivity index (χ1n) is 5.60. The van der Waals surface area contributed by atoms with Crippen molar-refractivity contribution >= 4 is 17.4 Å². The highest BCUT2D eigenvalue weighted by molar-refractivity contribution is 6.15. The molecule has 0 saturated carbocycles. The van der Waals surface area contributed by atoms with E-state index >= 15 is 0 Å². The van der Waals surface area contributed by atoms with Crippen LogP contribution in [0.4, 0.5) is 5.69 Å². The second-order valence-electron chi connectivity index (χ2n) is 4.07. The third-order valence-electron chi connectivity index (χ3n) is 2.83. The number of anilines is 1. The SMILES string of the molecule is Cc1ccnc(C(=O)c2ccccc2C(=O)O)c1N. The molecule has 3 N–H and O–H groups in total. The van der Waals surface area contributed by atoms with Crippen molar-refractivity contribution in [1.29, 1.82) is 0 Å². The summed E-state index contributed by atoms with van der Waals surface area (Å²) in [6.07, 6.45) is 1.47. The smallest absolute Gasteiger partial charge is 0.336 e. The highest BCUT2D eigenvalue weighted by Gasteiger charge is 2.20. The maximum Gasteiger partial charge on any atom is 0.336 e. The number of aromatic nitrogens is 1. The van der Waals surface area contributed by atoms with Crippen molar-refractivity contribution in [2.45, 2.75) is 6.92 Å². The van der Waals surface area contributed by atoms with Crippen LogP contribution in [0.1, 0.15) is 32.0 Å². The number of rotatable bonds is 3. The largest absolute Gasteiger partial charge is 0.478 e. The van der Waals surface area contributed by atoms with Gasteiger partial charge in [-0.3, -0.25) is 9.78 Å².